The number of carbonyl (C=O) groups is 1. The monoisotopic (exact) mass is 172 g/mol. The predicted octanol–water partition coefficient (Wildman–Crippen LogP) is 0.389. The molecule has 0 aliphatic carbocycles. The van der Waals surface area contributed by atoms with E-state index in [0.29, 0.717) is 19.8 Å². The van der Waals surface area contributed by atoms with E-state index in [1.165, 1.54) is 0 Å². The first-order valence-corrected chi connectivity index (χ1v) is 4.18. The van der Waals surface area contributed by atoms with Gasteiger partial charge in [0.2, 0.25) is 0 Å². The van der Waals surface area contributed by atoms with Crippen molar-refractivity contribution in [2.75, 3.05) is 33.9 Å². The van der Waals surface area contributed by atoms with Crippen molar-refractivity contribution in [3.05, 3.63) is 0 Å². The van der Waals surface area contributed by atoms with Crippen molar-refractivity contribution < 1.29 is 9.53 Å². The Morgan fingerprint density at radius 2 is 2.25 bits per heavy atom. The fourth-order valence-corrected chi connectivity index (χ4v) is 1.27. The molecule has 0 unspecified atom stereocenters. The van der Waals surface area contributed by atoms with E-state index < -0.39 is 0 Å². The highest BCUT2D eigenvalue weighted by Gasteiger charge is 2.24. The molecule has 0 aromatic carbocycles. The van der Waals surface area contributed by atoms with E-state index in [1.807, 2.05) is 11.8 Å². The number of morpholine rings is 1. The Bertz CT molecular complexity index is 170. The summed E-state index contributed by atoms with van der Waals surface area (Å²) in [5, 5.41) is 0. The van der Waals surface area contributed by atoms with Crippen molar-refractivity contribution in [3.8, 4) is 0 Å². The maximum atomic E-state index is 11.5. The number of hydrogen-bond acceptors (Lipinski definition) is 2. The lowest BCUT2D eigenvalue weighted by atomic mass is 10.3. The first-order valence-electron chi connectivity index (χ1n) is 4.18. The molecule has 0 aromatic rings. The van der Waals surface area contributed by atoms with Crippen LogP contribution in [0.5, 0.6) is 0 Å². The summed E-state index contributed by atoms with van der Waals surface area (Å²) in [6.45, 7) is 4.02. The Morgan fingerprint density at radius 3 is 2.75 bits per heavy atom. The van der Waals surface area contributed by atoms with Crippen LogP contribution in [-0.2, 0) is 4.74 Å². The topological polar surface area (TPSA) is 32.8 Å². The van der Waals surface area contributed by atoms with Crippen LogP contribution in [0.25, 0.3) is 0 Å². The third-order valence-corrected chi connectivity index (χ3v) is 2.00. The first kappa shape index (κ1) is 9.32. The normalized spacial score (nSPS) is 23.9. The van der Waals surface area contributed by atoms with Gasteiger partial charge in [0.05, 0.1) is 19.3 Å². The molecular weight excluding hydrogens is 156 g/mol. The van der Waals surface area contributed by atoms with Crippen LogP contribution in [0.1, 0.15) is 6.92 Å². The minimum Gasteiger partial charge on any atom is -0.377 e. The van der Waals surface area contributed by atoms with Gasteiger partial charge in [0.15, 0.2) is 0 Å². The second-order valence-corrected chi connectivity index (χ2v) is 3.29. The third kappa shape index (κ3) is 1.88. The fourth-order valence-electron chi connectivity index (χ4n) is 1.27. The van der Waals surface area contributed by atoms with E-state index in [0.717, 1.165) is 0 Å². The highest BCUT2D eigenvalue weighted by Crippen LogP contribution is 2.07. The number of hydrogen-bond donors (Lipinski definition) is 0. The standard InChI is InChI=1S/C8H16N2O2/c1-7-6-12-5-4-10(7)8(11)9(2)3/h7H,4-6H2,1-3H3/t7-/m1/s1. The van der Waals surface area contributed by atoms with E-state index >= 15 is 0 Å². The zero-order chi connectivity index (χ0) is 9.14. The van der Waals surface area contributed by atoms with Crippen LogP contribution < -0.4 is 0 Å². The molecule has 1 rings (SSSR count). The molecule has 4 heteroatoms. The van der Waals surface area contributed by atoms with Gasteiger partial charge in [-0.25, -0.2) is 4.79 Å². The van der Waals surface area contributed by atoms with Crippen molar-refractivity contribution in [2.24, 2.45) is 0 Å². The number of carbonyl (C=O) groups excluding carboxylic acids is 1. The van der Waals surface area contributed by atoms with Crippen molar-refractivity contribution in [1.29, 1.82) is 0 Å². The van der Waals surface area contributed by atoms with Crippen LogP contribution in [0.3, 0.4) is 0 Å². The molecule has 0 spiro atoms. The summed E-state index contributed by atoms with van der Waals surface area (Å²) >= 11 is 0. The van der Waals surface area contributed by atoms with E-state index in [-0.39, 0.29) is 12.1 Å². The molecule has 1 aliphatic heterocycles. The first-order chi connectivity index (χ1) is 5.63. The smallest absolute Gasteiger partial charge is 0.319 e. The summed E-state index contributed by atoms with van der Waals surface area (Å²) in [5.74, 6) is 0. The van der Waals surface area contributed by atoms with Gasteiger partial charge in [-0.05, 0) is 6.92 Å². The van der Waals surface area contributed by atoms with E-state index in [4.69, 9.17) is 4.74 Å². The Kier molecular flexibility index (Phi) is 2.92. The Hall–Kier alpha value is -0.770. The minimum absolute atomic E-state index is 0.0748. The lowest BCUT2D eigenvalue weighted by Gasteiger charge is -2.34. The molecule has 0 saturated carbocycles. The highest BCUT2D eigenvalue weighted by molar-refractivity contribution is 5.74. The maximum absolute atomic E-state index is 11.5. The summed E-state index contributed by atoms with van der Waals surface area (Å²) in [5.41, 5.74) is 0. The molecule has 0 radical (unpaired) electrons. The van der Waals surface area contributed by atoms with Gasteiger partial charge in [-0.2, -0.15) is 0 Å². The van der Waals surface area contributed by atoms with Gasteiger partial charge in [0.1, 0.15) is 0 Å². The van der Waals surface area contributed by atoms with Crippen LogP contribution in [0.2, 0.25) is 0 Å². The molecule has 1 saturated heterocycles. The summed E-state index contributed by atoms with van der Waals surface area (Å²) in [6.07, 6.45) is 0. The minimum atomic E-state index is 0.0748. The van der Waals surface area contributed by atoms with Gasteiger partial charge in [-0.1, -0.05) is 0 Å². The van der Waals surface area contributed by atoms with Gasteiger partial charge < -0.3 is 14.5 Å². The van der Waals surface area contributed by atoms with Crippen LogP contribution in [0.15, 0.2) is 0 Å². The number of ether oxygens (including phenoxy) is 1. The van der Waals surface area contributed by atoms with Gasteiger partial charge in [-0.15, -0.1) is 0 Å². The fraction of sp³-hybridized carbons (Fsp3) is 0.875. The summed E-state index contributed by atoms with van der Waals surface area (Å²) in [6, 6.07) is 0.277. The van der Waals surface area contributed by atoms with Crippen LogP contribution in [0.4, 0.5) is 4.79 Å². The lowest BCUT2D eigenvalue weighted by molar-refractivity contribution is 0.0133. The number of amides is 2. The number of rotatable bonds is 0. The SMILES string of the molecule is C[C@@H]1COCCN1C(=O)N(C)C. The summed E-state index contributed by atoms with van der Waals surface area (Å²) < 4.78 is 5.23. The molecule has 70 valence electrons. The van der Waals surface area contributed by atoms with E-state index in [1.54, 1.807) is 19.0 Å². The zero-order valence-corrected chi connectivity index (χ0v) is 7.91. The molecular formula is C8H16N2O2. The summed E-state index contributed by atoms with van der Waals surface area (Å²) in [7, 11) is 3.54. The third-order valence-electron chi connectivity index (χ3n) is 2.00. The molecule has 0 N–H and O–H groups in total. The van der Waals surface area contributed by atoms with Crippen LogP contribution in [0, 0.1) is 0 Å². The Balaban J connectivity index is 2.53. The van der Waals surface area contributed by atoms with Crippen molar-refractivity contribution in [2.45, 2.75) is 13.0 Å². The molecule has 1 fully saturated rings. The molecule has 1 heterocycles. The zero-order valence-electron chi connectivity index (χ0n) is 7.91. The number of nitrogens with zero attached hydrogens (tertiary/aromatic N) is 2. The van der Waals surface area contributed by atoms with Gasteiger partial charge in [-0.3, -0.25) is 0 Å². The second kappa shape index (κ2) is 3.76. The van der Waals surface area contributed by atoms with Crippen molar-refractivity contribution in [1.82, 2.24) is 9.80 Å². The molecule has 0 aromatic heterocycles. The summed E-state index contributed by atoms with van der Waals surface area (Å²) in [4.78, 5) is 14.9. The van der Waals surface area contributed by atoms with Crippen molar-refractivity contribution >= 4 is 6.03 Å². The quantitative estimate of drug-likeness (QED) is 0.529. The molecule has 12 heavy (non-hydrogen) atoms. The average Bonchev–Trinajstić information content (AvgIpc) is 2.04. The second-order valence-electron chi connectivity index (χ2n) is 3.29. The molecule has 1 aliphatic rings. The van der Waals surface area contributed by atoms with Gasteiger partial charge in [0, 0.05) is 20.6 Å². The van der Waals surface area contributed by atoms with Gasteiger partial charge in [0.25, 0.3) is 0 Å². The predicted molar refractivity (Wildman–Crippen MR) is 46.1 cm³/mol. The molecule has 2 amide bonds. The van der Waals surface area contributed by atoms with Crippen LogP contribution in [-0.4, -0.2) is 55.7 Å². The largest absolute Gasteiger partial charge is 0.377 e. The van der Waals surface area contributed by atoms with Gasteiger partial charge >= 0.3 is 6.03 Å². The van der Waals surface area contributed by atoms with E-state index in [9.17, 15) is 4.79 Å². The average molecular weight is 172 g/mol. The lowest BCUT2D eigenvalue weighted by Crippen LogP contribution is -2.50. The molecule has 4 nitrogen and oxygen atoms in total. The number of urea groups is 1. The Labute approximate surface area is 73.1 Å². The molecule has 1 atom stereocenters. The van der Waals surface area contributed by atoms with E-state index in [2.05, 4.69) is 0 Å². The van der Waals surface area contributed by atoms with Crippen LogP contribution >= 0.6 is 0 Å². The molecule has 0 bridgehead atoms. The Morgan fingerprint density at radius 1 is 1.58 bits per heavy atom. The maximum Gasteiger partial charge on any atom is 0.319 e. The highest BCUT2D eigenvalue weighted by atomic mass is 16.5. The van der Waals surface area contributed by atoms with Crippen molar-refractivity contribution in [3.63, 3.8) is 0 Å².